The Morgan fingerprint density at radius 3 is 2.57 bits per heavy atom. The largest absolute Gasteiger partial charge is 0.398 e. The fraction of sp³-hybridized carbons (Fsp3) is 0. The summed E-state index contributed by atoms with van der Waals surface area (Å²) in [4.78, 5) is 11.7. The lowest BCUT2D eigenvalue weighted by Crippen LogP contribution is -1.93. The number of aromatic nitrogens is 3. The molecule has 0 bridgehead atoms. The van der Waals surface area contributed by atoms with Gasteiger partial charge in [0, 0.05) is 35.4 Å². The van der Waals surface area contributed by atoms with E-state index in [1.165, 1.54) is 6.33 Å². The van der Waals surface area contributed by atoms with Crippen LogP contribution in [0.25, 0.3) is 11.1 Å². The van der Waals surface area contributed by atoms with Crippen LogP contribution in [0.15, 0.2) is 31.0 Å². The number of nitrogen functional groups attached to an aromatic ring is 1. The molecular weight excluding hydrogens is 200 g/mol. The monoisotopic (exact) mass is 206 g/mol. The van der Waals surface area contributed by atoms with Gasteiger partial charge in [-0.05, 0) is 6.07 Å². The Morgan fingerprint density at radius 2 is 1.93 bits per heavy atom. The normalized spacial score (nSPS) is 10.1. The van der Waals surface area contributed by atoms with E-state index in [1.807, 2.05) is 0 Å². The van der Waals surface area contributed by atoms with Gasteiger partial charge in [0.25, 0.3) is 0 Å². The van der Waals surface area contributed by atoms with Crippen molar-refractivity contribution in [2.24, 2.45) is 0 Å². The van der Waals surface area contributed by atoms with Crippen LogP contribution in [-0.4, -0.2) is 15.0 Å². The number of nitrogens with zero attached hydrogens (tertiary/aromatic N) is 3. The summed E-state index contributed by atoms with van der Waals surface area (Å²) in [6.45, 7) is 0. The molecule has 0 aliphatic carbocycles. The zero-order valence-electron chi connectivity index (χ0n) is 7.18. The van der Waals surface area contributed by atoms with E-state index in [2.05, 4.69) is 15.0 Å². The van der Waals surface area contributed by atoms with Crippen LogP contribution >= 0.6 is 11.6 Å². The molecule has 0 unspecified atom stereocenters. The third-order valence-corrected chi connectivity index (χ3v) is 2.07. The number of nitrogens with two attached hydrogens (primary N) is 1. The van der Waals surface area contributed by atoms with Crippen molar-refractivity contribution in [3.63, 3.8) is 0 Å². The van der Waals surface area contributed by atoms with E-state index in [9.17, 15) is 0 Å². The lowest BCUT2D eigenvalue weighted by molar-refractivity contribution is 1.17. The second-order valence-electron chi connectivity index (χ2n) is 2.69. The van der Waals surface area contributed by atoms with Crippen LogP contribution < -0.4 is 5.73 Å². The maximum atomic E-state index is 5.92. The molecule has 0 saturated heterocycles. The summed E-state index contributed by atoms with van der Waals surface area (Å²) < 4.78 is 0. The minimum absolute atomic E-state index is 0.361. The van der Waals surface area contributed by atoms with Crippen molar-refractivity contribution in [1.82, 2.24) is 15.0 Å². The molecule has 0 saturated carbocycles. The molecule has 0 fully saturated rings. The Labute approximate surface area is 85.8 Å². The molecule has 70 valence electrons. The summed E-state index contributed by atoms with van der Waals surface area (Å²) in [6.07, 6.45) is 6.30. The van der Waals surface area contributed by atoms with Crippen LogP contribution in [-0.2, 0) is 0 Å². The first-order valence-corrected chi connectivity index (χ1v) is 4.32. The molecule has 14 heavy (non-hydrogen) atoms. The maximum Gasteiger partial charge on any atom is 0.139 e. The van der Waals surface area contributed by atoms with Gasteiger partial charge in [0.15, 0.2) is 0 Å². The Bertz CT molecular complexity index is 424. The van der Waals surface area contributed by atoms with Gasteiger partial charge in [-0.25, -0.2) is 15.0 Å². The number of halogens is 1. The molecule has 2 heterocycles. The fourth-order valence-corrected chi connectivity index (χ4v) is 1.44. The Balaban J connectivity index is 2.63. The molecule has 0 amide bonds. The lowest BCUT2D eigenvalue weighted by Gasteiger charge is -2.05. The zero-order chi connectivity index (χ0) is 9.97. The summed E-state index contributed by atoms with van der Waals surface area (Å²) in [5.74, 6) is 0. The van der Waals surface area contributed by atoms with Gasteiger partial charge in [0.2, 0.25) is 0 Å². The van der Waals surface area contributed by atoms with Gasteiger partial charge >= 0.3 is 0 Å². The third-order valence-electron chi connectivity index (χ3n) is 1.79. The first-order chi connectivity index (χ1) is 6.79. The number of rotatable bonds is 1. The molecule has 4 nitrogen and oxygen atoms in total. The highest BCUT2D eigenvalue weighted by Gasteiger charge is 2.08. The number of hydrogen-bond acceptors (Lipinski definition) is 4. The van der Waals surface area contributed by atoms with Crippen molar-refractivity contribution in [3.8, 4) is 11.1 Å². The van der Waals surface area contributed by atoms with Crippen molar-refractivity contribution in [2.45, 2.75) is 0 Å². The van der Waals surface area contributed by atoms with Crippen molar-refractivity contribution in [1.29, 1.82) is 0 Å². The average molecular weight is 207 g/mol. The standard InChI is InChI=1S/C9H7ClN4/c10-9-8(7(11)1-2-14-9)6-3-12-5-13-4-6/h1-5H,(H2,11,14). The lowest BCUT2D eigenvalue weighted by atomic mass is 10.1. The average Bonchev–Trinajstić information content (AvgIpc) is 2.19. The summed E-state index contributed by atoms with van der Waals surface area (Å²) in [6, 6.07) is 1.69. The van der Waals surface area contributed by atoms with Gasteiger partial charge in [-0.3, -0.25) is 0 Å². The Hall–Kier alpha value is -1.68. The van der Waals surface area contributed by atoms with Crippen LogP contribution in [0.5, 0.6) is 0 Å². The highest BCUT2D eigenvalue weighted by molar-refractivity contribution is 6.32. The molecule has 0 radical (unpaired) electrons. The fourth-order valence-electron chi connectivity index (χ4n) is 1.16. The van der Waals surface area contributed by atoms with E-state index in [1.54, 1.807) is 24.7 Å². The maximum absolute atomic E-state index is 5.92. The van der Waals surface area contributed by atoms with E-state index in [0.29, 0.717) is 16.4 Å². The predicted molar refractivity (Wildman–Crippen MR) is 54.7 cm³/mol. The highest BCUT2D eigenvalue weighted by atomic mass is 35.5. The van der Waals surface area contributed by atoms with Gasteiger partial charge in [-0.1, -0.05) is 11.6 Å². The van der Waals surface area contributed by atoms with Crippen LogP contribution in [0.3, 0.4) is 0 Å². The SMILES string of the molecule is Nc1ccnc(Cl)c1-c1cncnc1. The summed E-state index contributed by atoms with van der Waals surface area (Å²) >= 11 is 5.92. The summed E-state index contributed by atoms with van der Waals surface area (Å²) in [5, 5.41) is 0.361. The summed E-state index contributed by atoms with van der Waals surface area (Å²) in [5.41, 5.74) is 7.79. The predicted octanol–water partition coefficient (Wildman–Crippen LogP) is 1.77. The van der Waals surface area contributed by atoms with E-state index in [4.69, 9.17) is 17.3 Å². The van der Waals surface area contributed by atoms with E-state index in [0.717, 1.165) is 5.56 Å². The quantitative estimate of drug-likeness (QED) is 0.723. The van der Waals surface area contributed by atoms with Crippen LogP contribution in [0.4, 0.5) is 5.69 Å². The molecule has 0 atom stereocenters. The molecule has 0 aliphatic heterocycles. The van der Waals surface area contributed by atoms with Gasteiger partial charge in [0.05, 0.1) is 0 Å². The molecule has 0 aliphatic rings. The second-order valence-corrected chi connectivity index (χ2v) is 3.05. The third kappa shape index (κ3) is 1.52. The van der Waals surface area contributed by atoms with Crippen molar-refractivity contribution < 1.29 is 0 Å². The van der Waals surface area contributed by atoms with Crippen LogP contribution in [0, 0.1) is 0 Å². The number of anilines is 1. The molecule has 2 N–H and O–H groups in total. The minimum atomic E-state index is 0.361. The van der Waals surface area contributed by atoms with Gasteiger partial charge < -0.3 is 5.73 Å². The summed E-state index contributed by atoms with van der Waals surface area (Å²) in [7, 11) is 0. The molecule has 2 aromatic heterocycles. The molecular formula is C9H7ClN4. The highest BCUT2D eigenvalue weighted by Crippen LogP contribution is 2.29. The van der Waals surface area contributed by atoms with E-state index >= 15 is 0 Å². The Morgan fingerprint density at radius 1 is 1.21 bits per heavy atom. The zero-order valence-corrected chi connectivity index (χ0v) is 7.94. The van der Waals surface area contributed by atoms with Crippen LogP contribution in [0.1, 0.15) is 0 Å². The smallest absolute Gasteiger partial charge is 0.139 e. The van der Waals surface area contributed by atoms with Crippen molar-refractivity contribution >= 4 is 17.3 Å². The first kappa shape index (κ1) is 8.90. The number of hydrogen-bond donors (Lipinski definition) is 1. The number of pyridine rings is 1. The van der Waals surface area contributed by atoms with Gasteiger partial charge in [-0.2, -0.15) is 0 Å². The Kier molecular flexibility index (Phi) is 2.28. The first-order valence-electron chi connectivity index (χ1n) is 3.94. The minimum Gasteiger partial charge on any atom is -0.398 e. The van der Waals surface area contributed by atoms with Crippen molar-refractivity contribution in [3.05, 3.63) is 36.1 Å². The topological polar surface area (TPSA) is 64.7 Å². The van der Waals surface area contributed by atoms with Gasteiger partial charge in [0.1, 0.15) is 11.5 Å². The molecule has 5 heteroatoms. The van der Waals surface area contributed by atoms with Gasteiger partial charge in [-0.15, -0.1) is 0 Å². The second kappa shape index (κ2) is 3.59. The van der Waals surface area contributed by atoms with Crippen LogP contribution in [0.2, 0.25) is 5.15 Å². The van der Waals surface area contributed by atoms with Crippen molar-refractivity contribution in [2.75, 3.05) is 5.73 Å². The molecule has 2 aromatic rings. The van der Waals surface area contributed by atoms with E-state index in [-0.39, 0.29) is 0 Å². The van der Waals surface area contributed by atoms with E-state index < -0.39 is 0 Å². The molecule has 0 aromatic carbocycles. The molecule has 2 rings (SSSR count). The molecule has 0 spiro atoms.